The Morgan fingerprint density at radius 2 is 2.36 bits per heavy atom. The molecule has 9 heteroatoms. The molecule has 2 rings (SSSR count). The Morgan fingerprint density at radius 3 is 2.95 bits per heavy atom. The average Bonchev–Trinajstić information content (AvgIpc) is 3.17. The van der Waals surface area contributed by atoms with Crippen molar-refractivity contribution in [3.63, 3.8) is 0 Å². The van der Waals surface area contributed by atoms with Crippen molar-refractivity contribution < 1.29 is 22.7 Å². The fourth-order valence-electron chi connectivity index (χ4n) is 2.28. The van der Waals surface area contributed by atoms with Gasteiger partial charge in [0.1, 0.15) is 11.4 Å². The third-order valence-electron chi connectivity index (χ3n) is 3.50. The maximum absolute atomic E-state index is 12.6. The van der Waals surface area contributed by atoms with Crippen molar-refractivity contribution in [1.29, 1.82) is 0 Å². The Balaban J connectivity index is 2.20. The highest BCUT2D eigenvalue weighted by Gasteiger charge is 2.29. The molecule has 0 amide bonds. The first-order chi connectivity index (χ1) is 10.5. The number of ether oxygens (including phenoxy) is 2. The van der Waals surface area contributed by atoms with Crippen LogP contribution >= 0.6 is 0 Å². The molecule has 2 heterocycles. The normalized spacial score (nSPS) is 18.8. The lowest BCUT2D eigenvalue weighted by Gasteiger charge is -2.19. The molecule has 1 fully saturated rings. The van der Waals surface area contributed by atoms with Crippen molar-refractivity contribution in [3.8, 4) is 0 Å². The van der Waals surface area contributed by atoms with Gasteiger partial charge in [0.2, 0.25) is 10.0 Å². The van der Waals surface area contributed by atoms with Crippen LogP contribution in [0.5, 0.6) is 0 Å². The number of rotatable bonds is 7. The average molecular weight is 331 g/mol. The van der Waals surface area contributed by atoms with Gasteiger partial charge in [0.15, 0.2) is 0 Å². The van der Waals surface area contributed by atoms with E-state index in [0.717, 1.165) is 10.7 Å². The van der Waals surface area contributed by atoms with Crippen LogP contribution in [0.1, 0.15) is 25.8 Å². The predicted molar refractivity (Wildman–Crippen MR) is 77.8 cm³/mol. The van der Waals surface area contributed by atoms with Gasteiger partial charge in [-0.05, 0) is 12.8 Å². The summed E-state index contributed by atoms with van der Waals surface area (Å²) >= 11 is 0. The number of esters is 1. The first-order valence-electron chi connectivity index (χ1n) is 7.18. The van der Waals surface area contributed by atoms with Gasteiger partial charge < -0.3 is 9.47 Å². The third-order valence-corrected chi connectivity index (χ3v) is 5.30. The zero-order chi connectivity index (χ0) is 16.2. The lowest BCUT2D eigenvalue weighted by atomic mass is 10.3. The van der Waals surface area contributed by atoms with E-state index in [4.69, 9.17) is 4.74 Å². The standard InChI is InChI=1S/C13H21N3O5S/c1-3-5-15(9-13(17)20-2)22(18,19)12-7-14-16(8-12)11-4-6-21-10-11/h7-8,11H,3-6,9-10H2,1-2H3/t11-/m0/s1. The van der Waals surface area contributed by atoms with Crippen LogP contribution in [0.15, 0.2) is 17.3 Å². The molecular weight excluding hydrogens is 310 g/mol. The van der Waals surface area contributed by atoms with Crippen molar-refractivity contribution in [3.05, 3.63) is 12.4 Å². The zero-order valence-corrected chi connectivity index (χ0v) is 13.6. The fraction of sp³-hybridized carbons (Fsp3) is 0.692. The van der Waals surface area contributed by atoms with Gasteiger partial charge in [-0.1, -0.05) is 6.92 Å². The van der Waals surface area contributed by atoms with Gasteiger partial charge in [-0.3, -0.25) is 9.48 Å². The molecule has 1 atom stereocenters. The van der Waals surface area contributed by atoms with Crippen LogP contribution in [0.25, 0.3) is 0 Å². The number of nitrogens with zero attached hydrogens (tertiary/aromatic N) is 3. The van der Waals surface area contributed by atoms with Crippen LogP contribution < -0.4 is 0 Å². The van der Waals surface area contributed by atoms with Crippen LogP contribution in [0.3, 0.4) is 0 Å². The van der Waals surface area contributed by atoms with Gasteiger partial charge in [0.05, 0.1) is 26.0 Å². The maximum atomic E-state index is 12.6. The minimum Gasteiger partial charge on any atom is -0.468 e. The van der Waals surface area contributed by atoms with Gasteiger partial charge in [0.25, 0.3) is 0 Å². The van der Waals surface area contributed by atoms with Crippen LogP contribution in [-0.4, -0.2) is 61.9 Å². The van der Waals surface area contributed by atoms with E-state index in [1.165, 1.54) is 19.5 Å². The van der Waals surface area contributed by atoms with Gasteiger partial charge in [-0.15, -0.1) is 0 Å². The van der Waals surface area contributed by atoms with Crippen LogP contribution in [0.4, 0.5) is 0 Å². The van der Waals surface area contributed by atoms with Crippen molar-refractivity contribution in [2.75, 3.05) is 33.4 Å². The largest absolute Gasteiger partial charge is 0.468 e. The Bertz CT molecular complexity index is 607. The van der Waals surface area contributed by atoms with Crippen molar-refractivity contribution in [2.45, 2.75) is 30.7 Å². The zero-order valence-electron chi connectivity index (χ0n) is 12.8. The molecule has 0 spiro atoms. The molecule has 0 saturated carbocycles. The second-order valence-electron chi connectivity index (χ2n) is 5.09. The molecule has 1 aliphatic rings. The monoisotopic (exact) mass is 331 g/mol. The SMILES string of the molecule is CCCN(CC(=O)OC)S(=O)(=O)c1cnn([C@H]2CCOC2)c1. The molecule has 1 aromatic rings. The van der Waals surface area contributed by atoms with E-state index in [-0.39, 0.29) is 24.0 Å². The van der Waals surface area contributed by atoms with E-state index in [2.05, 4.69) is 9.84 Å². The molecule has 0 N–H and O–H groups in total. The molecule has 0 radical (unpaired) electrons. The molecule has 1 saturated heterocycles. The smallest absolute Gasteiger partial charge is 0.321 e. The van der Waals surface area contributed by atoms with E-state index < -0.39 is 16.0 Å². The number of aromatic nitrogens is 2. The van der Waals surface area contributed by atoms with E-state index in [9.17, 15) is 13.2 Å². The highest BCUT2D eigenvalue weighted by atomic mass is 32.2. The number of sulfonamides is 1. The molecule has 0 unspecified atom stereocenters. The number of carbonyl (C=O) groups is 1. The lowest BCUT2D eigenvalue weighted by molar-refractivity contribution is -0.140. The molecule has 1 aromatic heterocycles. The first-order valence-corrected chi connectivity index (χ1v) is 8.62. The number of carbonyl (C=O) groups excluding carboxylic acids is 1. The summed E-state index contributed by atoms with van der Waals surface area (Å²) in [4.78, 5) is 11.5. The summed E-state index contributed by atoms with van der Waals surface area (Å²) in [5.41, 5.74) is 0. The lowest BCUT2D eigenvalue weighted by Crippen LogP contribution is -2.36. The third kappa shape index (κ3) is 3.65. The van der Waals surface area contributed by atoms with E-state index in [1.54, 1.807) is 4.68 Å². The molecular formula is C13H21N3O5S. The van der Waals surface area contributed by atoms with E-state index in [0.29, 0.717) is 19.6 Å². The number of hydrogen-bond donors (Lipinski definition) is 0. The quantitative estimate of drug-likeness (QED) is 0.673. The van der Waals surface area contributed by atoms with Gasteiger partial charge >= 0.3 is 5.97 Å². The van der Waals surface area contributed by atoms with Crippen LogP contribution in [0, 0.1) is 0 Å². The summed E-state index contributed by atoms with van der Waals surface area (Å²) in [6.45, 7) is 2.97. The van der Waals surface area contributed by atoms with E-state index in [1.807, 2.05) is 6.92 Å². The van der Waals surface area contributed by atoms with Crippen molar-refractivity contribution >= 4 is 16.0 Å². The van der Waals surface area contributed by atoms with Crippen molar-refractivity contribution in [1.82, 2.24) is 14.1 Å². The summed E-state index contributed by atoms with van der Waals surface area (Å²) in [5.74, 6) is -0.589. The maximum Gasteiger partial charge on any atom is 0.321 e. The Hall–Kier alpha value is -1.45. The highest BCUT2D eigenvalue weighted by molar-refractivity contribution is 7.89. The summed E-state index contributed by atoms with van der Waals surface area (Å²) in [7, 11) is -2.54. The summed E-state index contributed by atoms with van der Waals surface area (Å²) in [5, 5.41) is 4.12. The molecule has 1 aliphatic heterocycles. The predicted octanol–water partition coefficient (Wildman–Crippen LogP) is 0.418. The molecule has 0 aromatic carbocycles. The van der Waals surface area contributed by atoms with Crippen molar-refractivity contribution in [2.24, 2.45) is 0 Å². The van der Waals surface area contributed by atoms with Crippen LogP contribution in [0.2, 0.25) is 0 Å². The minimum absolute atomic E-state index is 0.0594. The topological polar surface area (TPSA) is 90.7 Å². The molecule has 0 bridgehead atoms. The highest BCUT2D eigenvalue weighted by Crippen LogP contribution is 2.21. The Kier molecular flexibility index (Phi) is 5.54. The molecule has 0 aliphatic carbocycles. The summed E-state index contributed by atoms with van der Waals surface area (Å²) in [6.07, 6.45) is 4.21. The molecule has 8 nitrogen and oxygen atoms in total. The second kappa shape index (κ2) is 7.21. The molecule has 124 valence electrons. The summed E-state index contributed by atoms with van der Waals surface area (Å²) < 4.78 is 37.8. The Labute approximate surface area is 130 Å². The summed E-state index contributed by atoms with van der Waals surface area (Å²) in [6, 6.07) is 0.0594. The molecule has 22 heavy (non-hydrogen) atoms. The Morgan fingerprint density at radius 1 is 1.59 bits per heavy atom. The first kappa shape index (κ1) is 16.9. The fourth-order valence-corrected chi connectivity index (χ4v) is 3.69. The van der Waals surface area contributed by atoms with Gasteiger partial charge in [-0.2, -0.15) is 9.40 Å². The number of methoxy groups -OCH3 is 1. The second-order valence-corrected chi connectivity index (χ2v) is 7.03. The van der Waals surface area contributed by atoms with E-state index >= 15 is 0 Å². The number of hydrogen-bond acceptors (Lipinski definition) is 6. The van der Waals surface area contributed by atoms with Gasteiger partial charge in [-0.25, -0.2) is 8.42 Å². The van der Waals surface area contributed by atoms with Crippen LogP contribution in [-0.2, 0) is 24.3 Å². The van der Waals surface area contributed by atoms with Gasteiger partial charge in [0, 0.05) is 19.3 Å². The minimum atomic E-state index is -3.77.